The van der Waals surface area contributed by atoms with E-state index >= 15 is 0 Å². The van der Waals surface area contributed by atoms with Crippen LogP contribution in [0.2, 0.25) is 0 Å². The molecule has 2 aromatic rings. The Morgan fingerprint density at radius 3 is 2.25 bits per heavy atom. The van der Waals surface area contributed by atoms with Gasteiger partial charge in [-0.15, -0.1) is 5.10 Å². The van der Waals surface area contributed by atoms with Crippen molar-refractivity contribution in [2.24, 2.45) is 0 Å². The Kier molecular flexibility index (Phi) is 4.35. The molecule has 1 aromatic heterocycles. The Labute approximate surface area is 120 Å². The summed E-state index contributed by atoms with van der Waals surface area (Å²) in [6.45, 7) is 9.10. The SMILES string of the molecule is Cc1ccc(Oc2ccc(CNC(C)(C)C)nn2)cc1. The van der Waals surface area contributed by atoms with Gasteiger partial charge in [0.2, 0.25) is 5.88 Å². The Morgan fingerprint density at radius 1 is 1.00 bits per heavy atom. The molecular weight excluding hydrogens is 250 g/mol. The second-order valence-corrected chi connectivity index (χ2v) is 5.88. The van der Waals surface area contributed by atoms with Crippen LogP contribution in [0, 0.1) is 6.92 Å². The van der Waals surface area contributed by atoms with Crippen molar-refractivity contribution in [1.29, 1.82) is 0 Å². The zero-order chi connectivity index (χ0) is 14.6. The molecule has 0 fully saturated rings. The van der Waals surface area contributed by atoms with Crippen LogP contribution in [0.3, 0.4) is 0 Å². The number of hydrogen-bond acceptors (Lipinski definition) is 4. The van der Waals surface area contributed by atoms with Gasteiger partial charge >= 0.3 is 0 Å². The summed E-state index contributed by atoms with van der Waals surface area (Å²) in [6, 6.07) is 11.6. The summed E-state index contributed by atoms with van der Waals surface area (Å²) in [5.41, 5.74) is 2.17. The van der Waals surface area contributed by atoms with Crippen LogP contribution in [0.25, 0.3) is 0 Å². The minimum Gasteiger partial charge on any atom is -0.438 e. The second-order valence-electron chi connectivity index (χ2n) is 5.88. The van der Waals surface area contributed by atoms with Crippen LogP contribution >= 0.6 is 0 Å². The fourth-order valence-electron chi connectivity index (χ4n) is 1.58. The van der Waals surface area contributed by atoms with E-state index in [-0.39, 0.29) is 5.54 Å². The quantitative estimate of drug-likeness (QED) is 0.925. The molecule has 0 aliphatic carbocycles. The van der Waals surface area contributed by atoms with E-state index in [4.69, 9.17) is 4.74 Å². The topological polar surface area (TPSA) is 47.0 Å². The number of rotatable bonds is 4. The smallest absolute Gasteiger partial charge is 0.238 e. The fraction of sp³-hybridized carbons (Fsp3) is 0.375. The average Bonchev–Trinajstić information content (AvgIpc) is 2.40. The average molecular weight is 271 g/mol. The van der Waals surface area contributed by atoms with Gasteiger partial charge in [0.05, 0.1) is 5.69 Å². The van der Waals surface area contributed by atoms with Crippen molar-refractivity contribution < 1.29 is 4.74 Å². The summed E-state index contributed by atoms with van der Waals surface area (Å²) in [5, 5.41) is 11.6. The van der Waals surface area contributed by atoms with E-state index in [0.717, 1.165) is 11.4 Å². The molecule has 4 nitrogen and oxygen atoms in total. The lowest BCUT2D eigenvalue weighted by atomic mass is 10.1. The van der Waals surface area contributed by atoms with E-state index in [1.165, 1.54) is 5.56 Å². The molecule has 1 aromatic carbocycles. The third kappa shape index (κ3) is 4.63. The number of aryl methyl sites for hydroxylation is 1. The van der Waals surface area contributed by atoms with Crippen LogP contribution in [-0.4, -0.2) is 15.7 Å². The fourth-order valence-corrected chi connectivity index (χ4v) is 1.58. The molecule has 20 heavy (non-hydrogen) atoms. The molecule has 2 rings (SSSR count). The molecule has 0 saturated carbocycles. The van der Waals surface area contributed by atoms with Crippen LogP contribution in [0.15, 0.2) is 36.4 Å². The van der Waals surface area contributed by atoms with E-state index in [1.54, 1.807) is 0 Å². The minimum absolute atomic E-state index is 0.0682. The molecular formula is C16H21N3O. The Bertz CT molecular complexity index is 541. The van der Waals surface area contributed by atoms with Gasteiger partial charge in [0.25, 0.3) is 0 Å². The highest BCUT2D eigenvalue weighted by molar-refractivity contribution is 5.29. The van der Waals surface area contributed by atoms with Gasteiger partial charge in [-0.1, -0.05) is 17.7 Å². The van der Waals surface area contributed by atoms with Gasteiger partial charge in [0.15, 0.2) is 0 Å². The van der Waals surface area contributed by atoms with E-state index in [9.17, 15) is 0 Å². The maximum absolute atomic E-state index is 5.64. The number of hydrogen-bond donors (Lipinski definition) is 1. The molecule has 0 bridgehead atoms. The first kappa shape index (κ1) is 14.5. The first-order valence-electron chi connectivity index (χ1n) is 6.74. The molecule has 0 amide bonds. The van der Waals surface area contributed by atoms with Crippen LogP contribution in [0.5, 0.6) is 11.6 Å². The van der Waals surface area contributed by atoms with E-state index in [0.29, 0.717) is 12.4 Å². The first-order valence-corrected chi connectivity index (χ1v) is 6.74. The van der Waals surface area contributed by atoms with Crippen LogP contribution < -0.4 is 10.1 Å². The van der Waals surface area contributed by atoms with Gasteiger partial charge in [0.1, 0.15) is 5.75 Å². The summed E-state index contributed by atoms with van der Waals surface area (Å²) in [4.78, 5) is 0. The number of ether oxygens (including phenoxy) is 1. The third-order valence-electron chi connectivity index (χ3n) is 2.74. The minimum atomic E-state index is 0.0682. The predicted octanol–water partition coefficient (Wildman–Crippen LogP) is 3.47. The second kappa shape index (κ2) is 6.01. The molecule has 0 aliphatic heterocycles. The van der Waals surface area contributed by atoms with Crippen molar-refractivity contribution in [3.8, 4) is 11.6 Å². The number of nitrogens with zero attached hydrogens (tertiary/aromatic N) is 2. The lowest BCUT2D eigenvalue weighted by Crippen LogP contribution is -2.35. The molecule has 106 valence electrons. The normalized spacial score (nSPS) is 11.4. The van der Waals surface area contributed by atoms with Crippen molar-refractivity contribution in [1.82, 2.24) is 15.5 Å². The molecule has 1 N–H and O–H groups in total. The Balaban J connectivity index is 1.96. The predicted molar refractivity (Wildman–Crippen MR) is 79.9 cm³/mol. The zero-order valence-corrected chi connectivity index (χ0v) is 12.5. The molecule has 0 unspecified atom stereocenters. The Hall–Kier alpha value is -1.94. The summed E-state index contributed by atoms with van der Waals surface area (Å²) >= 11 is 0. The monoisotopic (exact) mass is 271 g/mol. The summed E-state index contributed by atoms with van der Waals surface area (Å²) in [7, 11) is 0. The number of nitrogens with one attached hydrogen (secondary N) is 1. The van der Waals surface area contributed by atoms with Gasteiger partial charge in [-0.3, -0.25) is 0 Å². The van der Waals surface area contributed by atoms with Gasteiger partial charge in [-0.05, 0) is 45.9 Å². The molecule has 1 heterocycles. The van der Waals surface area contributed by atoms with Crippen LogP contribution in [0.4, 0.5) is 0 Å². The van der Waals surface area contributed by atoms with Gasteiger partial charge in [-0.2, -0.15) is 5.10 Å². The summed E-state index contributed by atoms with van der Waals surface area (Å²) in [6.07, 6.45) is 0. The van der Waals surface area contributed by atoms with E-state index in [2.05, 4.69) is 36.3 Å². The summed E-state index contributed by atoms with van der Waals surface area (Å²) < 4.78 is 5.64. The van der Waals surface area contributed by atoms with Gasteiger partial charge in [0, 0.05) is 18.2 Å². The molecule has 0 radical (unpaired) electrons. The lowest BCUT2D eigenvalue weighted by molar-refractivity contribution is 0.416. The third-order valence-corrected chi connectivity index (χ3v) is 2.74. The molecule has 4 heteroatoms. The highest BCUT2D eigenvalue weighted by atomic mass is 16.5. The molecule has 0 aliphatic rings. The lowest BCUT2D eigenvalue weighted by Gasteiger charge is -2.19. The van der Waals surface area contributed by atoms with E-state index < -0.39 is 0 Å². The summed E-state index contributed by atoms with van der Waals surface area (Å²) in [5.74, 6) is 1.28. The molecule has 0 spiro atoms. The number of aromatic nitrogens is 2. The van der Waals surface area contributed by atoms with Crippen molar-refractivity contribution in [2.75, 3.05) is 0 Å². The van der Waals surface area contributed by atoms with Crippen molar-refractivity contribution in [2.45, 2.75) is 39.8 Å². The zero-order valence-electron chi connectivity index (χ0n) is 12.5. The maximum atomic E-state index is 5.64. The molecule has 0 atom stereocenters. The maximum Gasteiger partial charge on any atom is 0.238 e. The van der Waals surface area contributed by atoms with Crippen molar-refractivity contribution >= 4 is 0 Å². The van der Waals surface area contributed by atoms with Crippen molar-refractivity contribution in [3.05, 3.63) is 47.7 Å². The van der Waals surface area contributed by atoms with Crippen LogP contribution in [0.1, 0.15) is 32.0 Å². The van der Waals surface area contributed by atoms with Gasteiger partial charge < -0.3 is 10.1 Å². The van der Waals surface area contributed by atoms with E-state index in [1.807, 2.05) is 43.3 Å². The van der Waals surface area contributed by atoms with Crippen LogP contribution in [-0.2, 0) is 6.54 Å². The first-order chi connectivity index (χ1) is 9.42. The van der Waals surface area contributed by atoms with Crippen molar-refractivity contribution in [3.63, 3.8) is 0 Å². The largest absolute Gasteiger partial charge is 0.438 e. The van der Waals surface area contributed by atoms with Gasteiger partial charge in [-0.25, -0.2) is 0 Å². The molecule has 0 saturated heterocycles. The Morgan fingerprint density at radius 2 is 1.70 bits per heavy atom. The highest BCUT2D eigenvalue weighted by Gasteiger charge is 2.09. The number of benzene rings is 1. The standard InChI is InChI=1S/C16H21N3O/c1-12-5-8-14(9-6-12)20-15-10-7-13(18-19-15)11-17-16(2,3)4/h5-10,17H,11H2,1-4H3. The highest BCUT2D eigenvalue weighted by Crippen LogP contribution is 2.18.